The molecule has 3 rings (SSSR count). The van der Waals surface area contributed by atoms with Crippen LogP contribution in [0, 0.1) is 19.8 Å². The third-order valence-corrected chi connectivity index (χ3v) is 6.09. The Balaban J connectivity index is 1.67. The van der Waals surface area contributed by atoms with Crippen LogP contribution in [0.15, 0.2) is 24.3 Å². The molecule has 0 saturated carbocycles. The van der Waals surface area contributed by atoms with Gasteiger partial charge in [0.1, 0.15) is 0 Å². The predicted octanol–water partition coefficient (Wildman–Crippen LogP) is 3.50. The molecule has 5 heteroatoms. The number of para-hydroxylation sites is 1. The van der Waals surface area contributed by atoms with E-state index in [2.05, 4.69) is 18.0 Å². The van der Waals surface area contributed by atoms with Gasteiger partial charge in [-0.1, -0.05) is 18.2 Å². The van der Waals surface area contributed by atoms with E-state index in [1.807, 2.05) is 48.8 Å². The van der Waals surface area contributed by atoms with Crippen molar-refractivity contribution in [1.82, 2.24) is 14.8 Å². The van der Waals surface area contributed by atoms with Gasteiger partial charge in [0.25, 0.3) is 0 Å². The van der Waals surface area contributed by atoms with Crippen molar-refractivity contribution in [3.05, 3.63) is 41.1 Å². The number of aromatic nitrogens is 1. The first-order valence-corrected chi connectivity index (χ1v) is 10.4. The fourth-order valence-corrected chi connectivity index (χ4v) is 4.26. The van der Waals surface area contributed by atoms with E-state index in [-0.39, 0.29) is 17.7 Å². The molecule has 1 aliphatic heterocycles. The lowest BCUT2D eigenvalue weighted by Crippen LogP contribution is -2.44. The number of carbonyl (C=O) groups is 2. The van der Waals surface area contributed by atoms with Gasteiger partial charge in [-0.2, -0.15) is 0 Å². The number of likely N-dealkylation sites (tertiary alicyclic amines) is 1. The number of benzene rings is 1. The van der Waals surface area contributed by atoms with Gasteiger partial charge in [-0.05, 0) is 57.7 Å². The summed E-state index contributed by atoms with van der Waals surface area (Å²) < 4.78 is 0. The van der Waals surface area contributed by atoms with Crippen LogP contribution in [0.4, 0.5) is 0 Å². The lowest BCUT2D eigenvalue weighted by Gasteiger charge is -2.34. The van der Waals surface area contributed by atoms with E-state index >= 15 is 0 Å². The van der Waals surface area contributed by atoms with Gasteiger partial charge in [0.05, 0.1) is 11.9 Å². The van der Waals surface area contributed by atoms with Gasteiger partial charge in [0.2, 0.25) is 11.8 Å². The average molecular weight is 382 g/mol. The lowest BCUT2D eigenvalue weighted by molar-refractivity contribution is -0.140. The van der Waals surface area contributed by atoms with E-state index in [4.69, 9.17) is 0 Å². The third-order valence-electron chi connectivity index (χ3n) is 6.09. The molecular formula is C23H31N3O2. The first-order chi connectivity index (χ1) is 13.5. The van der Waals surface area contributed by atoms with Crippen molar-refractivity contribution in [3.63, 3.8) is 0 Å². The van der Waals surface area contributed by atoms with Crippen molar-refractivity contribution in [1.29, 1.82) is 0 Å². The van der Waals surface area contributed by atoms with Gasteiger partial charge >= 0.3 is 0 Å². The first-order valence-electron chi connectivity index (χ1n) is 10.4. The molecule has 1 aliphatic rings. The number of rotatable bonds is 5. The van der Waals surface area contributed by atoms with E-state index in [9.17, 15) is 9.59 Å². The van der Waals surface area contributed by atoms with Crippen LogP contribution in [0.3, 0.4) is 0 Å². The van der Waals surface area contributed by atoms with Gasteiger partial charge in [0.15, 0.2) is 0 Å². The molecule has 0 spiro atoms. The van der Waals surface area contributed by atoms with Crippen molar-refractivity contribution in [3.8, 4) is 0 Å². The number of carbonyl (C=O) groups excluding carboxylic acids is 2. The summed E-state index contributed by atoms with van der Waals surface area (Å²) in [5.41, 5.74) is 4.08. The van der Waals surface area contributed by atoms with Crippen molar-refractivity contribution in [2.24, 2.45) is 5.92 Å². The second-order valence-electron chi connectivity index (χ2n) is 7.66. The second kappa shape index (κ2) is 8.72. The van der Waals surface area contributed by atoms with Crippen molar-refractivity contribution in [2.45, 2.75) is 47.0 Å². The smallest absolute Gasteiger partial charge is 0.227 e. The zero-order valence-electron chi connectivity index (χ0n) is 17.5. The molecule has 150 valence electrons. The number of hydrogen-bond acceptors (Lipinski definition) is 3. The number of pyridine rings is 1. The zero-order valence-corrected chi connectivity index (χ0v) is 17.5. The number of piperidine rings is 1. The third kappa shape index (κ3) is 4.03. The van der Waals surface area contributed by atoms with Crippen LogP contribution in [-0.4, -0.2) is 52.8 Å². The molecule has 0 atom stereocenters. The summed E-state index contributed by atoms with van der Waals surface area (Å²) in [5.74, 6) is 0.425. The summed E-state index contributed by atoms with van der Waals surface area (Å²) in [4.78, 5) is 34.0. The second-order valence-corrected chi connectivity index (χ2v) is 7.66. The van der Waals surface area contributed by atoms with Crippen LogP contribution in [0.25, 0.3) is 10.9 Å². The molecule has 5 nitrogen and oxygen atoms in total. The Hall–Kier alpha value is -2.43. The molecule has 1 saturated heterocycles. The quantitative estimate of drug-likeness (QED) is 0.796. The highest BCUT2D eigenvalue weighted by Gasteiger charge is 2.29. The molecule has 0 bridgehead atoms. The summed E-state index contributed by atoms with van der Waals surface area (Å²) in [6.45, 7) is 10.9. The minimum absolute atomic E-state index is 0.0507. The highest BCUT2D eigenvalue weighted by Crippen LogP contribution is 2.25. The normalized spacial score (nSPS) is 15.1. The lowest BCUT2D eigenvalue weighted by atomic mass is 9.94. The molecule has 0 unspecified atom stereocenters. The Bertz CT molecular complexity index is 866. The van der Waals surface area contributed by atoms with Crippen LogP contribution < -0.4 is 0 Å². The zero-order chi connectivity index (χ0) is 20.3. The van der Waals surface area contributed by atoms with E-state index in [1.165, 1.54) is 0 Å². The van der Waals surface area contributed by atoms with Gasteiger partial charge in [0, 0.05) is 43.2 Å². The maximum Gasteiger partial charge on any atom is 0.227 e. The molecule has 2 aromatic rings. The van der Waals surface area contributed by atoms with E-state index in [0.717, 1.165) is 53.7 Å². The van der Waals surface area contributed by atoms with Crippen molar-refractivity contribution in [2.75, 3.05) is 26.2 Å². The van der Waals surface area contributed by atoms with Gasteiger partial charge in [-0.15, -0.1) is 0 Å². The van der Waals surface area contributed by atoms with Crippen molar-refractivity contribution < 1.29 is 9.59 Å². The van der Waals surface area contributed by atoms with Crippen LogP contribution >= 0.6 is 0 Å². The molecular weight excluding hydrogens is 350 g/mol. The van der Waals surface area contributed by atoms with Crippen LogP contribution in [0.2, 0.25) is 0 Å². The number of hydrogen-bond donors (Lipinski definition) is 0. The topological polar surface area (TPSA) is 53.5 Å². The van der Waals surface area contributed by atoms with Gasteiger partial charge in [-0.25, -0.2) is 0 Å². The van der Waals surface area contributed by atoms with E-state index in [1.54, 1.807) is 0 Å². The monoisotopic (exact) mass is 381 g/mol. The summed E-state index contributed by atoms with van der Waals surface area (Å²) in [5, 5.41) is 1.11. The number of nitrogens with zero attached hydrogens (tertiary/aromatic N) is 3. The largest absolute Gasteiger partial charge is 0.343 e. The Morgan fingerprint density at radius 3 is 2.39 bits per heavy atom. The summed E-state index contributed by atoms with van der Waals surface area (Å²) in [6.07, 6.45) is 1.90. The average Bonchev–Trinajstić information content (AvgIpc) is 2.72. The Morgan fingerprint density at radius 1 is 1.11 bits per heavy atom. The minimum Gasteiger partial charge on any atom is -0.343 e. The summed E-state index contributed by atoms with van der Waals surface area (Å²) in [6, 6.07) is 8.08. The molecule has 1 aromatic carbocycles. The maximum absolute atomic E-state index is 12.9. The molecule has 1 fully saturated rings. The molecule has 0 N–H and O–H groups in total. The standard InChI is InChI=1S/C23H31N3O2/c1-5-25(6-2)23(28)18-11-13-26(14-12-18)22(27)15-20-16(3)19-9-7-8-10-21(19)24-17(20)4/h7-10,18H,5-6,11-15H2,1-4H3. The fourth-order valence-electron chi connectivity index (χ4n) is 4.26. The summed E-state index contributed by atoms with van der Waals surface area (Å²) >= 11 is 0. The van der Waals surface area contributed by atoms with Crippen LogP contribution in [0.5, 0.6) is 0 Å². The maximum atomic E-state index is 12.9. The fraction of sp³-hybridized carbons (Fsp3) is 0.522. The Morgan fingerprint density at radius 2 is 1.75 bits per heavy atom. The van der Waals surface area contributed by atoms with Gasteiger partial charge in [-0.3, -0.25) is 14.6 Å². The Kier molecular flexibility index (Phi) is 6.32. The molecule has 0 radical (unpaired) electrons. The predicted molar refractivity (Wildman–Crippen MR) is 112 cm³/mol. The minimum atomic E-state index is 0.0507. The molecule has 2 amide bonds. The van der Waals surface area contributed by atoms with E-state index < -0.39 is 0 Å². The highest BCUT2D eigenvalue weighted by atomic mass is 16.2. The number of fused-ring (bicyclic) bond motifs is 1. The Labute approximate surface area is 167 Å². The SMILES string of the molecule is CCN(CC)C(=O)C1CCN(C(=O)Cc2c(C)nc3ccccc3c2C)CC1. The highest BCUT2D eigenvalue weighted by molar-refractivity contribution is 5.86. The molecule has 28 heavy (non-hydrogen) atoms. The van der Waals surface area contributed by atoms with Crippen LogP contribution in [-0.2, 0) is 16.0 Å². The van der Waals surface area contributed by atoms with Crippen molar-refractivity contribution >= 4 is 22.7 Å². The molecule has 0 aliphatic carbocycles. The summed E-state index contributed by atoms with van der Waals surface area (Å²) in [7, 11) is 0. The van der Waals surface area contributed by atoms with Crippen LogP contribution in [0.1, 0.15) is 43.5 Å². The number of aryl methyl sites for hydroxylation is 2. The molecule has 1 aromatic heterocycles. The van der Waals surface area contributed by atoms with E-state index in [0.29, 0.717) is 19.5 Å². The molecule has 2 heterocycles. The first kappa shape index (κ1) is 20.3. The van der Waals surface area contributed by atoms with Gasteiger partial charge < -0.3 is 9.80 Å². The number of amides is 2.